The molecule has 0 radical (unpaired) electrons. The van der Waals surface area contributed by atoms with E-state index in [4.69, 9.17) is 5.26 Å². The fraction of sp³-hybridized carbons (Fsp3) is 0. The molecule has 0 N–H and O–H groups in total. The van der Waals surface area contributed by atoms with Crippen LogP contribution in [-0.4, -0.2) is 0 Å². The Labute approximate surface area is 170 Å². The van der Waals surface area contributed by atoms with Crippen molar-refractivity contribution in [2.75, 3.05) is 4.90 Å². The largest absolute Gasteiger partial charge is 0.311 e. The molecule has 0 fully saturated rings. The molecule has 0 saturated carbocycles. The van der Waals surface area contributed by atoms with Crippen LogP contribution in [0.2, 0.25) is 0 Å². The predicted molar refractivity (Wildman–Crippen MR) is 116 cm³/mol. The molecule has 0 aromatic heterocycles. The van der Waals surface area contributed by atoms with E-state index in [9.17, 15) is 5.26 Å². The van der Waals surface area contributed by atoms with Gasteiger partial charge >= 0.3 is 0 Å². The molecular formula is C26H17N3. The summed E-state index contributed by atoms with van der Waals surface area (Å²) >= 11 is 0. The zero-order valence-corrected chi connectivity index (χ0v) is 15.7. The lowest BCUT2D eigenvalue weighted by Crippen LogP contribution is -2.09. The van der Waals surface area contributed by atoms with Gasteiger partial charge in [-0.1, -0.05) is 54.6 Å². The molecule has 0 bridgehead atoms. The lowest BCUT2D eigenvalue weighted by Gasteiger charge is -2.25. The van der Waals surface area contributed by atoms with Crippen molar-refractivity contribution in [1.29, 1.82) is 10.5 Å². The van der Waals surface area contributed by atoms with E-state index >= 15 is 0 Å². The van der Waals surface area contributed by atoms with Gasteiger partial charge in [0, 0.05) is 17.1 Å². The summed E-state index contributed by atoms with van der Waals surface area (Å²) in [6.45, 7) is 0. The monoisotopic (exact) mass is 371 g/mol. The van der Waals surface area contributed by atoms with E-state index in [-0.39, 0.29) is 0 Å². The lowest BCUT2D eigenvalue weighted by molar-refractivity contribution is 1.28. The number of hydrogen-bond acceptors (Lipinski definition) is 3. The highest BCUT2D eigenvalue weighted by atomic mass is 15.1. The van der Waals surface area contributed by atoms with Crippen LogP contribution in [0.25, 0.3) is 11.1 Å². The normalized spacial score (nSPS) is 10.0. The molecule has 0 aliphatic heterocycles. The van der Waals surface area contributed by atoms with Crippen molar-refractivity contribution < 1.29 is 0 Å². The number of para-hydroxylation sites is 2. The van der Waals surface area contributed by atoms with Crippen molar-refractivity contribution in [3.05, 3.63) is 114 Å². The van der Waals surface area contributed by atoms with Crippen LogP contribution in [0.15, 0.2) is 103 Å². The maximum Gasteiger partial charge on any atom is 0.0998 e. The van der Waals surface area contributed by atoms with E-state index in [1.165, 1.54) is 0 Å². The second-order valence-electron chi connectivity index (χ2n) is 6.54. The van der Waals surface area contributed by atoms with Crippen LogP contribution >= 0.6 is 0 Å². The number of nitrogens with zero attached hydrogens (tertiary/aromatic N) is 3. The minimum Gasteiger partial charge on any atom is -0.311 e. The Kier molecular flexibility index (Phi) is 5.06. The van der Waals surface area contributed by atoms with Gasteiger partial charge in [-0.2, -0.15) is 10.5 Å². The van der Waals surface area contributed by atoms with Crippen LogP contribution in [0.1, 0.15) is 11.1 Å². The van der Waals surface area contributed by atoms with E-state index < -0.39 is 0 Å². The average Bonchev–Trinajstić information content (AvgIpc) is 2.81. The highest BCUT2D eigenvalue weighted by Crippen LogP contribution is 2.35. The zero-order valence-electron chi connectivity index (χ0n) is 15.7. The van der Waals surface area contributed by atoms with Crippen molar-refractivity contribution >= 4 is 17.1 Å². The van der Waals surface area contributed by atoms with Crippen LogP contribution in [0.4, 0.5) is 17.1 Å². The molecular weight excluding hydrogens is 354 g/mol. The summed E-state index contributed by atoms with van der Waals surface area (Å²) < 4.78 is 0. The number of anilines is 3. The van der Waals surface area contributed by atoms with Crippen LogP contribution in [0, 0.1) is 22.7 Å². The molecule has 0 spiro atoms. The van der Waals surface area contributed by atoms with Crippen LogP contribution < -0.4 is 4.90 Å². The molecule has 0 saturated heterocycles. The zero-order chi connectivity index (χ0) is 20.1. The van der Waals surface area contributed by atoms with Gasteiger partial charge in [0.1, 0.15) is 0 Å². The summed E-state index contributed by atoms with van der Waals surface area (Å²) in [6, 6.07) is 38.0. The summed E-state index contributed by atoms with van der Waals surface area (Å²) in [5.41, 5.74) is 5.92. The first-order valence-electron chi connectivity index (χ1n) is 9.25. The summed E-state index contributed by atoms with van der Waals surface area (Å²) in [6.07, 6.45) is 0. The number of nitriles is 2. The maximum atomic E-state index is 9.47. The van der Waals surface area contributed by atoms with Gasteiger partial charge in [-0.15, -0.1) is 0 Å². The van der Waals surface area contributed by atoms with Gasteiger partial charge in [0.25, 0.3) is 0 Å². The average molecular weight is 371 g/mol. The quantitative estimate of drug-likeness (QED) is 0.408. The first-order valence-corrected chi connectivity index (χ1v) is 9.25. The van der Waals surface area contributed by atoms with E-state index in [1.807, 2.05) is 54.6 Å². The van der Waals surface area contributed by atoms with Crippen molar-refractivity contribution in [1.82, 2.24) is 0 Å². The second kappa shape index (κ2) is 8.13. The first-order chi connectivity index (χ1) is 14.3. The number of benzene rings is 4. The van der Waals surface area contributed by atoms with Gasteiger partial charge in [0.2, 0.25) is 0 Å². The lowest BCUT2D eigenvalue weighted by atomic mass is 9.98. The highest BCUT2D eigenvalue weighted by molar-refractivity contribution is 5.79. The predicted octanol–water partition coefficient (Wildman–Crippen LogP) is 6.57. The Bertz CT molecular complexity index is 1160. The third-order valence-corrected chi connectivity index (χ3v) is 4.73. The SMILES string of the molecule is N#Cc1ccc(-c2ccc(N(c3ccccc3)c3ccccc3)cc2)c(C#N)c1. The van der Waals surface area contributed by atoms with Crippen LogP contribution in [-0.2, 0) is 0 Å². The Hall–Kier alpha value is -4.34. The van der Waals surface area contributed by atoms with E-state index in [1.54, 1.807) is 12.1 Å². The van der Waals surface area contributed by atoms with Crippen molar-refractivity contribution in [2.24, 2.45) is 0 Å². The minimum absolute atomic E-state index is 0.487. The maximum absolute atomic E-state index is 9.47. The van der Waals surface area contributed by atoms with Crippen LogP contribution in [0.3, 0.4) is 0 Å². The standard InChI is InChI=1S/C26H17N3/c27-18-20-11-16-26(22(17-20)19-28)21-12-14-25(15-13-21)29(23-7-3-1-4-8-23)24-9-5-2-6-10-24/h1-17H. The molecule has 3 heteroatoms. The van der Waals surface area contributed by atoms with Crippen molar-refractivity contribution in [2.45, 2.75) is 0 Å². The molecule has 0 heterocycles. The van der Waals surface area contributed by atoms with Crippen molar-refractivity contribution in [3.8, 4) is 23.3 Å². The summed E-state index contributed by atoms with van der Waals surface area (Å²) in [5.74, 6) is 0. The fourth-order valence-corrected chi connectivity index (χ4v) is 3.35. The minimum atomic E-state index is 0.487. The molecule has 136 valence electrons. The summed E-state index contributed by atoms with van der Waals surface area (Å²) in [5, 5.41) is 18.5. The van der Waals surface area contributed by atoms with Gasteiger partial charge < -0.3 is 4.90 Å². The summed E-state index contributed by atoms with van der Waals surface area (Å²) in [7, 11) is 0. The van der Waals surface area contributed by atoms with E-state index in [2.05, 4.69) is 53.4 Å². The Morgan fingerprint density at radius 2 is 1.10 bits per heavy atom. The Balaban J connectivity index is 1.76. The molecule has 0 aliphatic carbocycles. The molecule has 4 aromatic rings. The highest BCUT2D eigenvalue weighted by Gasteiger charge is 2.12. The Morgan fingerprint density at radius 1 is 0.552 bits per heavy atom. The van der Waals surface area contributed by atoms with E-state index in [0.29, 0.717) is 11.1 Å². The van der Waals surface area contributed by atoms with Gasteiger partial charge in [0.15, 0.2) is 0 Å². The molecule has 0 unspecified atom stereocenters. The molecule has 29 heavy (non-hydrogen) atoms. The van der Waals surface area contributed by atoms with E-state index in [0.717, 1.165) is 28.2 Å². The van der Waals surface area contributed by atoms with Gasteiger partial charge in [-0.25, -0.2) is 0 Å². The molecule has 0 amide bonds. The molecule has 4 aromatic carbocycles. The smallest absolute Gasteiger partial charge is 0.0998 e. The second-order valence-corrected chi connectivity index (χ2v) is 6.54. The summed E-state index contributed by atoms with van der Waals surface area (Å²) in [4.78, 5) is 2.19. The topological polar surface area (TPSA) is 50.8 Å². The third-order valence-electron chi connectivity index (χ3n) is 4.73. The number of hydrogen-bond donors (Lipinski definition) is 0. The molecule has 4 rings (SSSR count). The molecule has 3 nitrogen and oxygen atoms in total. The molecule has 0 aliphatic rings. The van der Waals surface area contributed by atoms with Crippen LogP contribution in [0.5, 0.6) is 0 Å². The number of rotatable bonds is 4. The van der Waals surface area contributed by atoms with Gasteiger partial charge in [0.05, 0.1) is 23.3 Å². The van der Waals surface area contributed by atoms with Gasteiger partial charge in [-0.3, -0.25) is 0 Å². The van der Waals surface area contributed by atoms with Crippen molar-refractivity contribution in [3.63, 3.8) is 0 Å². The third kappa shape index (κ3) is 3.72. The van der Waals surface area contributed by atoms with Gasteiger partial charge in [-0.05, 0) is 59.7 Å². The first kappa shape index (κ1) is 18.0. The fourth-order valence-electron chi connectivity index (χ4n) is 3.35. The molecule has 0 atom stereocenters. The Morgan fingerprint density at radius 3 is 1.62 bits per heavy atom.